The molecule has 5 saturated carbocycles. The van der Waals surface area contributed by atoms with Crippen LogP contribution in [0.3, 0.4) is 0 Å². The summed E-state index contributed by atoms with van der Waals surface area (Å²) in [5, 5.41) is 11.2. The van der Waals surface area contributed by atoms with E-state index in [1.807, 2.05) is 6.92 Å². The highest BCUT2D eigenvalue weighted by Crippen LogP contribution is 2.70. The first-order valence-electron chi connectivity index (χ1n) is 14.2. The van der Waals surface area contributed by atoms with E-state index in [1.165, 1.54) is 44.9 Å². The standard InChI is InChI=1S/C29H49NO3/c1-6-28(16-17-28)30(5)25(31)23-8-9-24-26(3)13-10-20-18-29(32,19-33-7-2)15-11-21(20)22(26)12-14-27(23,24)4/h20-24,32H,6-19H2,1-5H3/t20-,21+,22-,23-,24+,26-,27-,29-/m1/s1. The lowest BCUT2D eigenvalue weighted by atomic mass is 9.43. The van der Waals surface area contributed by atoms with Crippen LogP contribution in [0.5, 0.6) is 0 Å². The highest BCUT2D eigenvalue weighted by molar-refractivity contribution is 5.81. The van der Waals surface area contributed by atoms with Gasteiger partial charge in [-0.05, 0) is 118 Å². The predicted molar refractivity (Wildman–Crippen MR) is 132 cm³/mol. The summed E-state index contributed by atoms with van der Waals surface area (Å²) in [6.07, 6.45) is 13.8. The molecule has 0 aliphatic heterocycles. The van der Waals surface area contributed by atoms with Crippen molar-refractivity contribution in [2.75, 3.05) is 20.3 Å². The molecule has 0 spiro atoms. The number of nitrogens with zero attached hydrogens (tertiary/aromatic N) is 1. The number of amides is 1. The lowest BCUT2D eigenvalue weighted by molar-refractivity contribution is -0.165. The summed E-state index contributed by atoms with van der Waals surface area (Å²) in [5.41, 5.74) is 0.0868. The van der Waals surface area contributed by atoms with Gasteiger partial charge in [0.05, 0.1) is 12.2 Å². The Labute approximate surface area is 202 Å². The lowest BCUT2D eigenvalue weighted by Gasteiger charge is -2.62. The molecule has 0 unspecified atom stereocenters. The molecule has 0 saturated heterocycles. The molecule has 5 aliphatic rings. The van der Waals surface area contributed by atoms with Crippen LogP contribution in [0, 0.1) is 40.4 Å². The summed E-state index contributed by atoms with van der Waals surface area (Å²) < 4.78 is 5.66. The number of carbonyl (C=O) groups excluding carboxylic acids is 1. The molecule has 0 aromatic carbocycles. The molecular formula is C29H49NO3. The maximum Gasteiger partial charge on any atom is 0.226 e. The zero-order chi connectivity index (χ0) is 23.6. The van der Waals surface area contributed by atoms with Crippen molar-refractivity contribution >= 4 is 5.91 Å². The fourth-order valence-electron chi connectivity index (χ4n) is 9.91. The summed E-state index contributed by atoms with van der Waals surface area (Å²) in [5.74, 6) is 3.51. The van der Waals surface area contributed by atoms with E-state index in [0.717, 1.165) is 43.9 Å². The second-order valence-electron chi connectivity index (χ2n) is 13.4. The molecule has 4 nitrogen and oxygen atoms in total. The Balaban J connectivity index is 1.32. The summed E-state index contributed by atoms with van der Waals surface area (Å²) in [4.78, 5) is 16.0. The van der Waals surface area contributed by atoms with Crippen LogP contribution in [0.15, 0.2) is 0 Å². The monoisotopic (exact) mass is 459 g/mol. The summed E-state index contributed by atoms with van der Waals surface area (Å²) in [6, 6.07) is 0. The Morgan fingerprint density at radius 1 is 0.970 bits per heavy atom. The highest BCUT2D eigenvalue weighted by atomic mass is 16.5. The van der Waals surface area contributed by atoms with Gasteiger partial charge in [0, 0.05) is 25.1 Å². The zero-order valence-electron chi connectivity index (χ0n) is 22.0. The van der Waals surface area contributed by atoms with Crippen molar-refractivity contribution in [1.29, 1.82) is 0 Å². The Kier molecular flexibility index (Phi) is 6.00. The van der Waals surface area contributed by atoms with Crippen LogP contribution in [0.2, 0.25) is 0 Å². The van der Waals surface area contributed by atoms with Gasteiger partial charge < -0.3 is 14.7 Å². The first-order chi connectivity index (χ1) is 15.6. The third-order valence-electron chi connectivity index (χ3n) is 12.1. The van der Waals surface area contributed by atoms with Gasteiger partial charge >= 0.3 is 0 Å². The fraction of sp³-hybridized carbons (Fsp3) is 0.966. The molecule has 1 amide bonds. The van der Waals surface area contributed by atoms with Crippen LogP contribution in [-0.4, -0.2) is 47.3 Å². The predicted octanol–water partition coefficient (Wildman–Crippen LogP) is 5.81. The number of hydrogen-bond acceptors (Lipinski definition) is 3. The maximum atomic E-state index is 13.8. The molecule has 0 bridgehead atoms. The molecule has 5 fully saturated rings. The van der Waals surface area contributed by atoms with E-state index in [1.54, 1.807) is 0 Å². The van der Waals surface area contributed by atoms with Crippen molar-refractivity contribution in [1.82, 2.24) is 4.90 Å². The van der Waals surface area contributed by atoms with E-state index >= 15 is 0 Å². The number of aliphatic hydroxyl groups is 1. The van der Waals surface area contributed by atoms with Gasteiger partial charge in [-0.2, -0.15) is 0 Å². The van der Waals surface area contributed by atoms with Crippen LogP contribution >= 0.6 is 0 Å². The summed E-state index contributed by atoms with van der Waals surface area (Å²) >= 11 is 0. The Bertz CT molecular complexity index is 764. The molecule has 8 atom stereocenters. The van der Waals surface area contributed by atoms with Gasteiger partial charge in [0.15, 0.2) is 0 Å². The number of rotatable bonds is 6. The summed E-state index contributed by atoms with van der Waals surface area (Å²) in [6.45, 7) is 10.5. The molecule has 5 aliphatic carbocycles. The maximum absolute atomic E-state index is 13.8. The minimum absolute atomic E-state index is 0.164. The molecule has 0 radical (unpaired) electrons. The first kappa shape index (κ1) is 24.1. The summed E-state index contributed by atoms with van der Waals surface area (Å²) in [7, 11) is 2.10. The minimum atomic E-state index is -0.610. The van der Waals surface area contributed by atoms with Crippen molar-refractivity contribution in [3.05, 3.63) is 0 Å². The van der Waals surface area contributed by atoms with E-state index in [2.05, 4.69) is 32.7 Å². The number of carbonyl (C=O) groups is 1. The van der Waals surface area contributed by atoms with Crippen LogP contribution in [0.4, 0.5) is 0 Å². The molecule has 1 N–H and O–H groups in total. The average molecular weight is 460 g/mol. The number of hydrogen-bond donors (Lipinski definition) is 1. The van der Waals surface area contributed by atoms with Gasteiger partial charge in [0.25, 0.3) is 0 Å². The van der Waals surface area contributed by atoms with Crippen LogP contribution in [0.1, 0.15) is 105 Å². The van der Waals surface area contributed by atoms with E-state index in [0.29, 0.717) is 36.4 Å². The zero-order valence-corrected chi connectivity index (χ0v) is 22.0. The molecule has 0 aromatic rings. The third-order valence-corrected chi connectivity index (χ3v) is 12.1. The van der Waals surface area contributed by atoms with Crippen molar-refractivity contribution < 1.29 is 14.6 Å². The van der Waals surface area contributed by atoms with Crippen LogP contribution in [-0.2, 0) is 9.53 Å². The van der Waals surface area contributed by atoms with Crippen molar-refractivity contribution in [2.45, 2.75) is 116 Å². The quantitative estimate of drug-likeness (QED) is 0.545. The second-order valence-corrected chi connectivity index (χ2v) is 13.4. The van der Waals surface area contributed by atoms with E-state index in [-0.39, 0.29) is 16.9 Å². The normalized spacial score (nSPS) is 47.9. The van der Waals surface area contributed by atoms with Crippen LogP contribution in [0.25, 0.3) is 0 Å². The van der Waals surface area contributed by atoms with Gasteiger partial charge in [-0.1, -0.05) is 20.8 Å². The van der Waals surface area contributed by atoms with Gasteiger partial charge in [-0.15, -0.1) is 0 Å². The van der Waals surface area contributed by atoms with Gasteiger partial charge in [0.2, 0.25) is 5.91 Å². The van der Waals surface area contributed by atoms with Crippen molar-refractivity contribution in [3.8, 4) is 0 Å². The molecule has 0 heterocycles. The lowest BCUT2D eigenvalue weighted by Crippen LogP contribution is -2.57. The van der Waals surface area contributed by atoms with Crippen LogP contribution < -0.4 is 0 Å². The number of ether oxygens (including phenoxy) is 1. The minimum Gasteiger partial charge on any atom is -0.387 e. The molecule has 188 valence electrons. The van der Waals surface area contributed by atoms with E-state index in [4.69, 9.17) is 4.74 Å². The fourth-order valence-corrected chi connectivity index (χ4v) is 9.91. The van der Waals surface area contributed by atoms with Crippen molar-refractivity contribution in [3.63, 3.8) is 0 Å². The third kappa shape index (κ3) is 3.63. The van der Waals surface area contributed by atoms with Crippen molar-refractivity contribution in [2.24, 2.45) is 40.4 Å². The van der Waals surface area contributed by atoms with Gasteiger partial charge in [0.1, 0.15) is 0 Å². The molecule has 5 rings (SSSR count). The molecular weight excluding hydrogens is 410 g/mol. The first-order valence-corrected chi connectivity index (χ1v) is 14.2. The molecule has 4 heteroatoms. The Hall–Kier alpha value is -0.610. The molecule has 33 heavy (non-hydrogen) atoms. The Morgan fingerprint density at radius 2 is 1.70 bits per heavy atom. The highest BCUT2D eigenvalue weighted by Gasteiger charge is 2.64. The van der Waals surface area contributed by atoms with Gasteiger partial charge in [-0.3, -0.25) is 4.79 Å². The largest absolute Gasteiger partial charge is 0.387 e. The second kappa shape index (κ2) is 8.22. The van der Waals surface area contributed by atoms with E-state index < -0.39 is 5.60 Å². The topological polar surface area (TPSA) is 49.8 Å². The molecule has 0 aromatic heterocycles. The average Bonchev–Trinajstić information content (AvgIpc) is 3.52. The SMILES string of the molecule is CCOC[C@@]1(O)CC[C@H]2[C@H](CC[C@@]3(C)[C@@H]4CC[C@H](C(=O)N(C)C5(CC)CC5)[C@@]4(C)CC[C@H]23)C1. The smallest absolute Gasteiger partial charge is 0.226 e. The van der Waals surface area contributed by atoms with E-state index in [9.17, 15) is 9.90 Å². The number of fused-ring (bicyclic) bond motifs is 5. The van der Waals surface area contributed by atoms with Gasteiger partial charge in [-0.25, -0.2) is 0 Å². The Morgan fingerprint density at radius 3 is 2.36 bits per heavy atom.